The van der Waals surface area contributed by atoms with Crippen LogP contribution in [-0.2, 0) is 21.3 Å². The molecule has 0 bridgehead atoms. The third-order valence-electron chi connectivity index (χ3n) is 3.46. The van der Waals surface area contributed by atoms with Crippen LogP contribution in [0.4, 0.5) is 0 Å². The lowest BCUT2D eigenvalue weighted by Gasteiger charge is -2.10. The normalized spacial score (nSPS) is 17.0. The minimum absolute atomic E-state index is 0.164. The maximum Gasteiger partial charge on any atom is 0.243 e. The first-order valence-corrected chi connectivity index (χ1v) is 8.78. The van der Waals surface area contributed by atoms with Crippen molar-refractivity contribution in [2.75, 3.05) is 20.2 Å². The minimum Gasteiger partial charge on any atom is -0.380 e. The highest BCUT2D eigenvalue weighted by Crippen LogP contribution is 2.18. The average Bonchev–Trinajstić information content (AvgIpc) is 3.16. The van der Waals surface area contributed by atoms with Crippen LogP contribution in [0.15, 0.2) is 17.3 Å². The summed E-state index contributed by atoms with van der Waals surface area (Å²) in [4.78, 5) is 0.195. The van der Waals surface area contributed by atoms with Gasteiger partial charge in [0.2, 0.25) is 10.0 Å². The van der Waals surface area contributed by atoms with Gasteiger partial charge in [-0.05, 0) is 32.7 Å². The van der Waals surface area contributed by atoms with Crippen LogP contribution in [0.5, 0.6) is 0 Å². The van der Waals surface area contributed by atoms with Gasteiger partial charge in [0.15, 0.2) is 0 Å². The summed E-state index contributed by atoms with van der Waals surface area (Å²) in [6, 6.07) is 0.700. The number of ether oxygens (including phenoxy) is 1. The number of hydrogen-bond donors (Lipinski definition) is 2. The lowest BCUT2D eigenvalue weighted by Crippen LogP contribution is -2.31. The zero-order chi connectivity index (χ0) is 15.3. The molecule has 1 aromatic heterocycles. The van der Waals surface area contributed by atoms with Crippen molar-refractivity contribution in [1.82, 2.24) is 19.8 Å². The predicted molar refractivity (Wildman–Crippen MR) is 79.5 cm³/mol. The predicted octanol–water partition coefficient (Wildman–Crippen LogP) is 0.338. The molecule has 1 atom stereocenters. The maximum absolute atomic E-state index is 12.1. The summed E-state index contributed by atoms with van der Waals surface area (Å²) in [5.74, 6) is 0. The van der Waals surface area contributed by atoms with Crippen LogP contribution in [0, 0.1) is 0 Å². The number of nitrogens with one attached hydrogen (secondary N) is 2. The fourth-order valence-electron chi connectivity index (χ4n) is 1.83. The number of hydrogen-bond acceptors (Lipinski definition) is 5. The Balaban J connectivity index is 1.79. The van der Waals surface area contributed by atoms with Gasteiger partial charge in [-0.25, -0.2) is 13.1 Å². The molecular formula is C13H24N4O3S. The van der Waals surface area contributed by atoms with Gasteiger partial charge in [0.05, 0.1) is 12.3 Å². The van der Waals surface area contributed by atoms with Crippen LogP contribution < -0.4 is 10.0 Å². The Morgan fingerprint density at radius 2 is 2.29 bits per heavy atom. The zero-order valence-corrected chi connectivity index (χ0v) is 13.4. The number of rotatable bonds is 10. The number of aromatic nitrogens is 2. The van der Waals surface area contributed by atoms with Crippen molar-refractivity contribution in [3.05, 3.63) is 12.4 Å². The van der Waals surface area contributed by atoms with Crippen molar-refractivity contribution >= 4 is 10.0 Å². The molecule has 1 unspecified atom stereocenters. The van der Waals surface area contributed by atoms with E-state index in [1.807, 2.05) is 0 Å². The lowest BCUT2D eigenvalue weighted by atomic mass is 10.4. The number of sulfonamides is 1. The highest BCUT2D eigenvalue weighted by Gasteiger charge is 2.20. The summed E-state index contributed by atoms with van der Waals surface area (Å²) in [5.41, 5.74) is 0. The molecule has 0 amide bonds. The van der Waals surface area contributed by atoms with Crippen molar-refractivity contribution in [2.45, 2.75) is 49.8 Å². The number of aryl methyl sites for hydroxylation is 1. The van der Waals surface area contributed by atoms with Gasteiger partial charge in [0.25, 0.3) is 0 Å². The third-order valence-corrected chi connectivity index (χ3v) is 4.84. The molecule has 2 N–H and O–H groups in total. The van der Waals surface area contributed by atoms with E-state index in [2.05, 4.69) is 15.1 Å². The molecule has 0 spiro atoms. The number of methoxy groups -OCH3 is 1. The van der Waals surface area contributed by atoms with Gasteiger partial charge in [-0.3, -0.25) is 4.68 Å². The van der Waals surface area contributed by atoms with E-state index in [0.29, 0.717) is 12.6 Å². The fourth-order valence-corrected chi connectivity index (χ4v) is 2.90. The first kappa shape index (κ1) is 16.4. The highest BCUT2D eigenvalue weighted by atomic mass is 32.2. The monoisotopic (exact) mass is 316 g/mol. The van der Waals surface area contributed by atoms with Crippen molar-refractivity contribution in [1.29, 1.82) is 0 Å². The Kier molecular flexibility index (Phi) is 5.74. The molecule has 2 rings (SSSR count). The zero-order valence-electron chi connectivity index (χ0n) is 12.6. The van der Waals surface area contributed by atoms with Crippen LogP contribution in [0.2, 0.25) is 0 Å². The summed E-state index contributed by atoms with van der Waals surface area (Å²) in [6.07, 6.45) is 6.27. The molecule has 0 aliphatic heterocycles. The summed E-state index contributed by atoms with van der Waals surface area (Å²) in [5, 5.41) is 7.52. The molecule has 1 fully saturated rings. The van der Waals surface area contributed by atoms with E-state index >= 15 is 0 Å². The largest absolute Gasteiger partial charge is 0.380 e. The number of nitrogens with zero attached hydrogens (tertiary/aromatic N) is 2. The van der Waals surface area contributed by atoms with E-state index in [9.17, 15) is 8.42 Å². The second-order valence-electron chi connectivity index (χ2n) is 5.42. The Morgan fingerprint density at radius 3 is 2.95 bits per heavy atom. The molecule has 0 radical (unpaired) electrons. The van der Waals surface area contributed by atoms with E-state index in [0.717, 1.165) is 13.0 Å². The van der Waals surface area contributed by atoms with Crippen molar-refractivity contribution in [3.63, 3.8) is 0 Å². The van der Waals surface area contributed by atoms with Crippen LogP contribution in [0.3, 0.4) is 0 Å². The van der Waals surface area contributed by atoms with E-state index in [1.165, 1.54) is 19.0 Å². The van der Waals surface area contributed by atoms with Gasteiger partial charge in [-0.15, -0.1) is 0 Å². The van der Waals surface area contributed by atoms with Crippen LogP contribution in [-0.4, -0.2) is 50.5 Å². The Morgan fingerprint density at radius 1 is 1.52 bits per heavy atom. The lowest BCUT2D eigenvalue weighted by molar-refractivity contribution is 0.122. The van der Waals surface area contributed by atoms with Crippen molar-refractivity contribution in [2.24, 2.45) is 0 Å². The van der Waals surface area contributed by atoms with E-state index in [1.54, 1.807) is 24.9 Å². The molecule has 1 heterocycles. The summed E-state index contributed by atoms with van der Waals surface area (Å²) in [6.45, 7) is 3.70. The summed E-state index contributed by atoms with van der Waals surface area (Å²) < 4.78 is 33.3. The SMILES string of the molecule is COC(C)CNS(=O)(=O)c1cnn(CCCNC2CC2)c1. The Hall–Kier alpha value is -0.960. The van der Waals surface area contributed by atoms with E-state index in [-0.39, 0.29) is 17.5 Å². The molecule has 120 valence electrons. The molecule has 8 heteroatoms. The molecule has 1 saturated carbocycles. The molecule has 21 heavy (non-hydrogen) atoms. The molecule has 1 aliphatic rings. The average molecular weight is 316 g/mol. The van der Waals surface area contributed by atoms with Crippen molar-refractivity contribution < 1.29 is 13.2 Å². The maximum atomic E-state index is 12.1. The molecule has 1 aliphatic carbocycles. The van der Waals surface area contributed by atoms with Gasteiger partial charge in [0, 0.05) is 32.4 Å². The van der Waals surface area contributed by atoms with E-state index in [4.69, 9.17) is 4.74 Å². The first-order valence-electron chi connectivity index (χ1n) is 7.29. The second kappa shape index (κ2) is 7.35. The van der Waals surface area contributed by atoms with Gasteiger partial charge in [0.1, 0.15) is 4.90 Å². The Labute approximate surface area is 126 Å². The smallest absolute Gasteiger partial charge is 0.243 e. The quantitative estimate of drug-likeness (QED) is 0.608. The standard InChI is InChI=1S/C13H24N4O3S/c1-11(20-2)8-16-21(18,19)13-9-15-17(10-13)7-3-6-14-12-4-5-12/h9-12,14,16H,3-8H2,1-2H3. The summed E-state index contributed by atoms with van der Waals surface area (Å²) >= 11 is 0. The first-order chi connectivity index (χ1) is 10.0. The fraction of sp³-hybridized carbons (Fsp3) is 0.769. The van der Waals surface area contributed by atoms with E-state index < -0.39 is 10.0 Å². The molecule has 7 nitrogen and oxygen atoms in total. The second-order valence-corrected chi connectivity index (χ2v) is 7.19. The van der Waals surface area contributed by atoms with Crippen LogP contribution >= 0.6 is 0 Å². The van der Waals surface area contributed by atoms with Gasteiger partial charge < -0.3 is 10.1 Å². The minimum atomic E-state index is -3.51. The molecule has 0 saturated heterocycles. The van der Waals surface area contributed by atoms with Crippen molar-refractivity contribution in [3.8, 4) is 0 Å². The molecule has 1 aromatic rings. The van der Waals surface area contributed by atoms with Gasteiger partial charge in [-0.1, -0.05) is 0 Å². The van der Waals surface area contributed by atoms with Crippen LogP contribution in [0.25, 0.3) is 0 Å². The topological polar surface area (TPSA) is 85.2 Å². The van der Waals surface area contributed by atoms with Gasteiger partial charge >= 0.3 is 0 Å². The molecular weight excluding hydrogens is 292 g/mol. The molecule has 0 aromatic carbocycles. The van der Waals surface area contributed by atoms with Crippen LogP contribution in [0.1, 0.15) is 26.2 Å². The Bertz CT molecular complexity index is 539. The summed E-state index contributed by atoms with van der Waals surface area (Å²) in [7, 11) is -1.96. The van der Waals surface area contributed by atoms with Gasteiger partial charge in [-0.2, -0.15) is 5.10 Å². The third kappa shape index (κ3) is 5.39. The highest BCUT2D eigenvalue weighted by molar-refractivity contribution is 7.89.